The van der Waals surface area contributed by atoms with Gasteiger partial charge in [0.05, 0.1) is 5.92 Å². The van der Waals surface area contributed by atoms with Crippen LogP contribution in [0.1, 0.15) is 25.7 Å². The van der Waals surface area contributed by atoms with Crippen molar-refractivity contribution >= 4 is 35.0 Å². The number of likely N-dealkylation sites (tertiary alicyclic amines) is 1. The Balaban J connectivity index is 1.29. The van der Waals surface area contributed by atoms with Gasteiger partial charge in [-0.3, -0.25) is 4.79 Å². The van der Waals surface area contributed by atoms with E-state index < -0.39 is 0 Å². The van der Waals surface area contributed by atoms with E-state index >= 15 is 0 Å². The molecule has 5 amide bonds. The first-order valence-electron chi connectivity index (χ1n) is 11.1. The Morgan fingerprint density at radius 1 is 0.844 bits per heavy atom. The third-order valence-electron chi connectivity index (χ3n) is 5.74. The second kappa shape index (κ2) is 10.2. The molecular weight excluding hydrogens is 406 g/mol. The maximum absolute atomic E-state index is 12.8. The van der Waals surface area contributed by atoms with Crippen LogP contribution in [-0.4, -0.2) is 42.5 Å². The molecule has 0 unspecified atom stereocenters. The number of hydrogen-bond acceptors (Lipinski definition) is 3. The van der Waals surface area contributed by atoms with E-state index in [1.54, 1.807) is 41.3 Å². The molecule has 0 aromatic heterocycles. The maximum Gasteiger partial charge on any atom is 0.323 e. The summed E-state index contributed by atoms with van der Waals surface area (Å²) in [6.45, 7) is 1.79. The van der Waals surface area contributed by atoms with Gasteiger partial charge in [0.2, 0.25) is 5.91 Å². The minimum Gasteiger partial charge on any atom is -0.356 e. The highest BCUT2D eigenvalue weighted by Crippen LogP contribution is 2.28. The smallest absolute Gasteiger partial charge is 0.323 e. The Kier molecular flexibility index (Phi) is 6.89. The largest absolute Gasteiger partial charge is 0.356 e. The van der Waals surface area contributed by atoms with Crippen LogP contribution < -0.4 is 21.3 Å². The molecule has 1 aliphatic carbocycles. The van der Waals surface area contributed by atoms with Crippen molar-refractivity contribution in [2.75, 3.05) is 35.6 Å². The second-order valence-electron chi connectivity index (χ2n) is 8.43. The number of nitrogens with zero attached hydrogens (tertiary/aromatic N) is 1. The molecule has 0 spiro atoms. The van der Waals surface area contributed by atoms with Crippen molar-refractivity contribution in [1.82, 2.24) is 10.2 Å². The zero-order valence-electron chi connectivity index (χ0n) is 18.0. The SMILES string of the molecule is O=C(Nc1ccccc1)Nc1cccc(NC(=O)N2CCC[C@@H](C(=O)NCC3CC3)C2)c1. The molecule has 0 bridgehead atoms. The summed E-state index contributed by atoms with van der Waals surface area (Å²) in [4.78, 5) is 39.1. The van der Waals surface area contributed by atoms with Crippen LogP contribution in [0, 0.1) is 11.8 Å². The van der Waals surface area contributed by atoms with Crippen LogP contribution in [-0.2, 0) is 4.79 Å². The number of carbonyl (C=O) groups excluding carboxylic acids is 3. The van der Waals surface area contributed by atoms with Crippen molar-refractivity contribution in [1.29, 1.82) is 0 Å². The van der Waals surface area contributed by atoms with Gasteiger partial charge in [-0.1, -0.05) is 24.3 Å². The Bertz CT molecular complexity index is 961. The molecule has 32 heavy (non-hydrogen) atoms. The standard InChI is InChI=1S/C24H29N5O3/c30-22(25-15-17-11-12-17)18-6-5-13-29(16-18)24(32)28-21-10-4-9-20(14-21)27-23(31)26-19-7-2-1-3-8-19/h1-4,7-10,14,17-18H,5-6,11-13,15-16H2,(H,25,30)(H,28,32)(H2,26,27,31)/t18-/m1/s1. The average Bonchev–Trinajstić information content (AvgIpc) is 3.63. The molecule has 1 saturated carbocycles. The van der Waals surface area contributed by atoms with Gasteiger partial charge in [0.1, 0.15) is 0 Å². The number of anilines is 3. The molecule has 168 valence electrons. The van der Waals surface area contributed by atoms with E-state index in [9.17, 15) is 14.4 Å². The normalized spacial score (nSPS) is 17.9. The van der Waals surface area contributed by atoms with Gasteiger partial charge in [-0.2, -0.15) is 0 Å². The van der Waals surface area contributed by atoms with Gasteiger partial charge in [-0.05, 0) is 61.9 Å². The summed E-state index contributed by atoms with van der Waals surface area (Å²) in [5.41, 5.74) is 1.83. The molecular formula is C24H29N5O3. The van der Waals surface area contributed by atoms with E-state index in [4.69, 9.17) is 0 Å². The molecule has 8 heteroatoms. The molecule has 4 rings (SSSR count). The minimum atomic E-state index is -0.365. The topological polar surface area (TPSA) is 103 Å². The van der Waals surface area contributed by atoms with Gasteiger partial charge >= 0.3 is 12.1 Å². The fourth-order valence-corrected chi connectivity index (χ4v) is 3.78. The van der Waals surface area contributed by atoms with E-state index in [2.05, 4.69) is 21.3 Å². The number of para-hydroxylation sites is 1. The number of urea groups is 2. The first kappa shape index (κ1) is 21.7. The third kappa shape index (κ3) is 6.23. The number of piperidine rings is 1. The van der Waals surface area contributed by atoms with Crippen LogP contribution in [0.15, 0.2) is 54.6 Å². The lowest BCUT2D eigenvalue weighted by Crippen LogP contribution is -2.47. The van der Waals surface area contributed by atoms with E-state index in [0.29, 0.717) is 36.1 Å². The predicted molar refractivity (Wildman–Crippen MR) is 125 cm³/mol. The Morgan fingerprint density at radius 3 is 2.28 bits per heavy atom. The van der Waals surface area contributed by atoms with E-state index in [0.717, 1.165) is 19.4 Å². The monoisotopic (exact) mass is 435 g/mol. The quantitative estimate of drug-likeness (QED) is 0.549. The van der Waals surface area contributed by atoms with Crippen LogP contribution in [0.4, 0.5) is 26.7 Å². The number of amides is 5. The number of hydrogen-bond donors (Lipinski definition) is 4. The molecule has 2 aromatic carbocycles. The fraction of sp³-hybridized carbons (Fsp3) is 0.375. The summed E-state index contributed by atoms with van der Waals surface area (Å²) in [5, 5.41) is 11.4. The molecule has 4 N–H and O–H groups in total. The Hall–Kier alpha value is -3.55. The summed E-state index contributed by atoms with van der Waals surface area (Å²) in [6, 6.07) is 15.5. The van der Waals surface area contributed by atoms with Crippen LogP contribution in [0.5, 0.6) is 0 Å². The zero-order valence-corrected chi connectivity index (χ0v) is 18.0. The molecule has 0 radical (unpaired) electrons. The maximum atomic E-state index is 12.8. The third-order valence-corrected chi connectivity index (χ3v) is 5.74. The van der Waals surface area contributed by atoms with Crippen molar-refractivity contribution in [2.45, 2.75) is 25.7 Å². The van der Waals surface area contributed by atoms with Crippen molar-refractivity contribution in [3.8, 4) is 0 Å². The number of rotatable bonds is 6. The summed E-state index contributed by atoms with van der Waals surface area (Å²) in [5.74, 6) is 0.519. The Morgan fingerprint density at radius 2 is 1.53 bits per heavy atom. The molecule has 1 aliphatic heterocycles. The summed E-state index contributed by atoms with van der Waals surface area (Å²) >= 11 is 0. The highest BCUT2D eigenvalue weighted by atomic mass is 16.2. The fourth-order valence-electron chi connectivity index (χ4n) is 3.78. The van der Waals surface area contributed by atoms with Crippen LogP contribution in [0.2, 0.25) is 0 Å². The van der Waals surface area contributed by atoms with Crippen molar-refractivity contribution in [2.24, 2.45) is 11.8 Å². The molecule has 8 nitrogen and oxygen atoms in total. The van der Waals surface area contributed by atoms with Crippen LogP contribution >= 0.6 is 0 Å². The van der Waals surface area contributed by atoms with Gasteiger partial charge in [0.15, 0.2) is 0 Å². The summed E-state index contributed by atoms with van der Waals surface area (Å²) in [7, 11) is 0. The molecule has 2 aliphatic rings. The molecule has 1 atom stereocenters. The summed E-state index contributed by atoms with van der Waals surface area (Å²) < 4.78 is 0. The van der Waals surface area contributed by atoms with Crippen LogP contribution in [0.3, 0.4) is 0 Å². The number of carbonyl (C=O) groups is 3. The number of benzene rings is 2. The number of nitrogens with one attached hydrogen (secondary N) is 4. The second-order valence-corrected chi connectivity index (χ2v) is 8.43. The van der Waals surface area contributed by atoms with E-state index in [1.165, 1.54) is 12.8 Å². The zero-order chi connectivity index (χ0) is 22.3. The lowest BCUT2D eigenvalue weighted by atomic mass is 9.97. The predicted octanol–water partition coefficient (Wildman–Crippen LogP) is 4.10. The van der Waals surface area contributed by atoms with E-state index in [-0.39, 0.29) is 23.9 Å². The van der Waals surface area contributed by atoms with E-state index in [1.807, 2.05) is 18.2 Å². The van der Waals surface area contributed by atoms with Crippen molar-refractivity contribution < 1.29 is 14.4 Å². The first-order chi connectivity index (χ1) is 15.6. The first-order valence-corrected chi connectivity index (χ1v) is 11.1. The average molecular weight is 436 g/mol. The van der Waals surface area contributed by atoms with Gasteiger partial charge in [0.25, 0.3) is 0 Å². The summed E-state index contributed by atoms with van der Waals surface area (Å²) in [6.07, 6.45) is 4.00. The highest BCUT2D eigenvalue weighted by molar-refractivity contribution is 6.00. The molecule has 2 aromatic rings. The van der Waals surface area contributed by atoms with Gasteiger partial charge in [0, 0.05) is 36.7 Å². The van der Waals surface area contributed by atoms with Crippen molar-refractivity contribution in [3.05, 3.63) is 54.6 Å². The lowest BCUT2D eigenvalue weighted by Gasteiger charge is -2.32. The minimum absolute atomic E-state index is 0.0463. The lowest BCUT2D eigenvalue weighted by molar-refractivity contribution is -0.126. The van der Waals surface area contributed by atoms with Gasteiger partial charge in [-0.15, -0.1) is 0 Å². The van der Waals surface area contributed by atoms with Crippen molar-refractivity contribution in [3.63, 3.8) is 0 Å². The highest BCUT2D eigenvalue weighted by Gasteiger charge is 2.30. The molecule has 1 saturated heterocycles. The van der Waals surface area contributed by atoms with Gasteiger partial charge < -0.3 is 26.2 Å². The van der Waals surface area contributed by atoms with Gasteiger partial charge in [-0.25, -0.2) is 9.59 Å². The molecule has 1 heterocycles. The Labute approximate surface area is 187 Å². The van der Waals surface area contributed by atoms with Crippen LogP contribution in [0.25, 0.3) is 0 Å². The molecule has 2 fully saturated rings.